The lowest BCUT2D eigenvalue weighted by Crippen LogP contribution is -2.64. The van der Waals surface area contributed by atoms with Gasteiger partial charge in [0.15, 0.2) is 0 Å². The van der Waals surface area contributed by atoms with Crippen molar-refractivity contribution in [3.8, 4) is 5.75 Å². The van der Waals surface area contributed by atoms with Gasteiger partial charge in [0.05, 0.1) is 13.2 Å². The highest BCUT2D eigenvalue weighted by Gasteiger charge is 2.55. The fourth-order valence-corrected chi connectivity index (χ4v) is 3.93. The molecule has 0 bridgehead atoms. The van der Waals surface area contributed by atoms with E-state index in [1.54, 1.807) is 18.2 Å². The number of halogens is 1. The predicted octanol–water partition coefficient (Wildman–Crippen LogP) is 1.60. The molecular weight excluding hydrogens is 412 g/mol. The van der Waals surface area contributed by atoms with E-state index in [0.717, 1.165) is 16.9 Å². The summed E-state index contributed by atoms with van der Waals surface area (Å²) in [7, 11) is 1.32. The second kappa shape index (κ2) is 9.62. The van der Waals surface area contributed by atoms with E-state index in [-0.39, 0.29) is 0 Å². The number of benzene rings is 2. The van der Waals surface area contributed by atoms with Crippen molar-refractivity contribution in [1.82, 2.24) is 0 Å². The van der Waals surface area contributed by atoms with Crippen molar-refractivity contribution in [2.24, 2.45) is 0 Å². The molecule has 8 heteroatoms. The Balaban J connectivity index is 2.01. The molecule has 4 N–H and O–H groups in total. The molecule has 1 fully saturated rings. The van der Waals surface area contributed by atoms with Gasteiger partial charge in [0, 0.05) is 24.1 Å². The van der Waals surface area contributed by atoms with E-state index in [1.165, 1.54) is 7.11 Å². The molecule has 7 nitrogen and oxygen atoms in total. The number of hydrogen-bond donors (Lipinski definition) is 4. The molecule has 0 saturated carbocycles. The quantitative estimate of drug-likeness (QED) is 0.520. The standard InChI is InChI=1S/C22H27ClO7/c1-3-29-17-7-5-4-6-13(17)10-14-11-15(8-9-16(14)23)22(28-2)21(27)20(26)19(25)18(12-24)30-22/h4-9,11,18-21,24-27H,3,10,12H2,1-2H3/t18-,19-,20+,21-,22+/m1/s1. The number of ether oxygens (including phenoxy) is 3. The molecule has 30 heavy (non-hydrogen) atoms. The Morgan fingerprint density at radius 2 is 1.80 bits per heavy atom. The number of hydrogen-bond acceptors (Lipinski definition) is 7. The minimum absolute atomic E-state index is 0.398. The molecule has 164 valence electrons. The zero-order chi connectivity index (χ0) is 21.9. The Labute approximate surface area is 180 Å². The van der Waals surface area contributed by atoms with Crippen molar-refractivity contribution in [3.63, 3.8) is 0 Å². The van der Waals surface area contributed by atoms with Crippen molar-refractivity contribution >= 4 is 11.6 Å². The van der Waals surface area contributed by atoms with Gasteiger partial charge in [-0.1, -0.05) is 35.9 Å². The van der Waals surface area contributed by atoms with E-state index in [4.69, 9.17) is 25.8 Å². The van der Waals surface area contributed by atoms with Crippen LogP contribution in [-0.2, 0) is 21.7 Å². The van der Waals surface area contributed by atoms with Gasteiger partial charge in [-0.2, -0.15) is 0 Å². The molecule has 0 unspecified atom stereocenters. The number of rotatable bonds is 7. The largest absolute Gasteiger partial charge is 0.494 e. The first-order chi connectivity index (χ1) is 14.4. The summed E-state index contributed by atoms with van der Waals surface area (Å²) in [6.07, 6.45) is -5.31. The Kier molecular flexibility index (Phi) is 7.36. The minimum atomic E-state index is -1.79. The Bertz CT molecular complexity index is 859. The van der Waals surface area contributed by atoms with E-state index in [1.807, 2.05) is 31.2 Å². The maximum absolute atomic E-state index is 10.7. The molecule has 1 saturated heterocycles. The molecule has 0 amide bonds. The van der Waals surface area contributed by atoms with Gasteiger partial charge in [-0.15, -0.1) is 0 Å². The summed E-state index contributed by atoms with van der Waals surface area (Å²) in [6, 6.07) is 12.6. The van der Waals surface area contributed by atoms with Gasteiger partial charge in [0.25, 0.3) is 0 Å². The summed E-state index contributed by atoms with van der Waals surface area (Å²) in [6.45, 7) is 1.88. The topological polar surface area (TPSA) is 109 Å². The van der Waals surface area contributed by atoms with E-state index >= 15 is 0 Å². The molecule has 2 aromatic carbocycles. The monoisotopic (exact) mass is 438 g/mol. The van der Waals surface area contributed by atoms with Crippen LogP contribution in [0.1, 0.15) is 23.6 Å². The maximum atomic E-state index is 10.7. The lowest BCUT2D eigenvalue weighted by molar-refractivity contribution is -0.366. The van der Waals surface area contributed by atoms with E-state index in [0.29, 0.717) is 23.6 Å². The van der Waals surface area contributed by atoms with Gasteiger partial charge in [-0.05, 0) is 36.2 Å². The molecule has 1 aliphatic rings. The van der Waals surface area contributed by atoms with Crippen LogP contribution in [0.15, 0.2) is 42.5 Å². The van der Waals surface area contributed by atoms with E-state index in [9.17, 15) is 20.4 Å². The van der Waals surface area contributed by atoms with Gasteiger partial charge >= 0.3 is 0 Å². The summed E-state index contributed by atoms with van der Waals surface area (Å²) < 4.78 is 17.0. The molecule has 5 atom stereocenters. The average Bonchev–Trinajstić information content (AvgIpc) is 2.76. The highest BCUT2D eigenvalue weighted by Crippen LogP contribution is 2.40. The Morgan fingerprint density at radius 3 is 2.47 bits per heavy atom. The number of para-hydroxylation sites is 1. The molecule has 0 aromatic heterocycles. The van der Waals surface area contributed by atoms with E-state index in [2.05, 4.69) is 0 Å². The molecular formula is C22H27ClO7. The van der Waals surface area contributed by atoms with E-state index < -0.39 is 36.8 Å². The molecule has 3 rings (SSSR count). The zero-order valence-electron chi connectivity index (χ0n) is 16.9. The molecule has 0 aliphatic carbocycles. The first-order valence-electron chi connectivity index (χ1n) is 9.75. The van der Waals surface area contributed by atoms with Crippen LogP contribution in [0.3, 0.4) is 0 Å². The number of aliphatic hydroxyl groups excluding tert-OH is 4. The summed E-state index contributed by atoms with van der Waals surface area (Å²) in [5.41, 5.74) is 2.06. The van der Waals surface area contributed by atoms with Crippen LogP contribution in [0.5, 0.6) is 5.75 Å². The fourth-order valence-electron chi connectivity index (χ4n) is 3.74. The number of methoxy groups -OCH3 is 1. The summed E-state index contributed by atoms with van der Waals surface area (Å²) in [5.74, 6) is -1.04. The van der Waals surface area contributed by atoms with Crippen molar-refractivity contribution in [2.45, 2.75) is 43.5 Å². The van der Waals surface area contributed by atoms with Crippen molar-refractivity contribution in [3.05, 3.63) is 64.2 Å². The van der Waals surface area contributed by atoms with Gasteiger partial charge < -0.3 is 34.6 Å². The van der Waals surface area contributed by atoms with Gasteiger partial charge in [-0.25, -0.2) is 0 Å². The van der Waals surface area contributed by atoms with Crippen LogP contribution in [-0.4, -0.2) is 65.2 Å². The second-order valence-electron chi connectivity index (χ2n) is 7.16. The zero-order valence-corrected chi connectivity index (χ0v) is 17.6. The molecule has 1 aliphatic heterocycles. The van der Waals surface area contributed by atoms with Gasteiger partial charge in [0.2, 0.25) is 5.79 Å². The smallest absolute Gasteiger partial charge is 0.224 e. The summed E-state index contributed by atoms with van der Waals surface area (Å²) in [4.78, 5) is 0. The van der Waals surface area contributed by atoms with Crippen LogP contribution in [0.25, 0.3) is 0 Å². The third-order valence-electron chi connectivity index (χ3n) is 5.35. The summed E-state index contributed by atoms with van der Waals surface area (Å²) in [5, 5.41) is 41.1. The lowest BCUT2D eigenvalue weighted by Gasteiger charge is -2.47. The van der Waals surface area contributed by atoms with Gasteiger partial charge in [-0.3, -0.25) is 0 Å². The normalized spacial score (nSPS) is 29.0. The SMILES string of the molecule is CCOc1ccccc1Cc1cc([C@]2(OC)O[C@H](CO)[C@@H](O)[C@H](O)[C@H]2O)ccc1Cl. The van der Waals surface area contributed by atoms with Crippen LogP contribution in [0.4, 0.5) is 0 Å². The third kappa shape index (κ3) is 4.20. The predicted molar refractivity (Wildman–Crippen MR) is 111 cm³/mol. The summed E-state index contributed by atoms with van der Waals surface area (Å²) >= 11 is 6.43. The van der Waals surface area contributed by atoms with Crippen molar-refractivity contribution < 1.29 is 34.6 Å². The second-order valence-corrected chi connectivity index (χ2v) is 7.57. The van der Waals surface area contributed by atoms with Crippen LogP contribution in [0, 0.1) is 0 Å². The minimum Gasteiger partial charge on any atom is -0.494 e. The highest BCUT2D eigenvalue weighted by atomic mass is 35.5. The first kappa shape index (κ1) is 23.0. The van der Waals surface area contributed by atoms with Crippen molar-refractivity contribution in [2.75, 3.05) is 20.3 Å². The third-order valence-corrected chi connectivity index (χ3v) is 5.72. The maximum Gasteiger partial charge on any atom is 0.224 e. The Hall–Kier alpha value is -1.71. The van der Waals surface area contributed by atoms with Crippen LogP contribution >= 0.6 is 11.6 Å². The van der Waals surface area contributed by atoms with Crippen LogP contribution in [0.2, 0.25) is 5.02 Å². The lowest BCUT2D eigenvalue weighted by atomic mass is 9.87. The molecule has 0 spiro atoms. The molecule has 0 radical (unpaired) electrons. The molecule has 1 heterocycles. The van der Waals surface area contributed by atoms with Crippen LogP contribution < -0.4 is 4.74 Å². The molecule has 2 aromatic rings. The van der Waals surface area contributed by atoms with Crippen molar-refractivity contribution in [1.29, 1.82) is 0 Å². The first-order valence-corrected chi connectivity index (χ1v) is 10.1. The van der Waals surface area contributed by atoms with Gasteiger partial charge in [0.1, 0.15) is 30.2 Å². The fraction of sp³-hybridized carbons (Fsp3) is 0.455. The number of aliphatic hydroxyl groups is 4. The average molecular weight is 439 g/mol. The highest BCUT2D eigenvalue weighted by molar-refractivity contribution is 6.31. The Morgan fingerprint density at radius 1 is 1.07 bits per heavy atom.